The van der Waals surface area contributed by atoms with E-state index in [4.69, 9.17) is 0 Å². The molecule has 2 atom stereocenters. The molecule has 2 heteroatoms. The van der Waals surface area contributed by atoms with Crippen LogP contribution in [-0.4, -0.2) is 36.1 Å². The van der Waals surface area contributed by atoms with Crippen LogP contribution in [-0.2, 0) is 0 Å². The van der Waals surface area contributed by atoms with E-state index in [1.807, 2.05) is 0 Å². The van der Waals surface area contributed by atoms with Gasteiger partial charge in [-0.1, -0.05) is 33.1 Å². The average Bonchev–Trinajstić information content (AvgIpc) is 2.90. The molecule has 1 N–H and O–H groups in total. The van der Waals surface area contributed by atoms with Gasteiger partial charge in [0.15, 0.2) is 0 Å². The summed E-state index contributed by atoms with van der Waals surface area (Å²) in [5.41, 5.74) is 0.376. The van der Waals surface area contributed by atoms with E-state index in [0.717, 1.165) is 5.92 Å². The zero-order valence-electron chi connectivity index (χ0n) is 13.4. The van der Waals surface area contributed by atoms with Crippen molar-refractivity contribution in [3.05, 3.63) is 0 Å². The number of hydrogen-bond donors (Lipinski definition) is 1. The highest BCUT2D eigenvalue weighted by Crippen LogP contribution is 2.36. The Morgan fingerprint density at radius 3 is 2.32 bits per heavy atom. The maximum absolute atomic E-state index is 3.90. The van der Waals surface area contributed by atoms with Crippen LogP contribution >= 0.6 is 0 Å². The maximum atomic E-state index is 3.90. The van der Waals surface area contributed by atoms with Crippen LogP contribution in [0.15, 0.2) is 0 Å². The van der Waals surface area contributed by atoms with Crippen LogP contribution in [0.5, 0.6) is 0 Å². The van der Waals surface area contributed by atoms with Crippen molar-refractivity contribution < 1.29 is 0 Å². The Balaban J connectivity index is 2.02. The molecule has 2 nitrogen and oxygen atoms in total. The summed E-state index contributed by atoms with van der Waals surface area (Å²) in [5.74, 6) is 1.00. The van der Waals surface area contributed by atoms with E-state index in [1.54, 1.807) is 0 Å². The molecule has 2 unspecified atom stereocenters. The van der Waals surface area contributed by atoms with Crippen LogP contribution in [0.4, 0.5) is 0 Å². The molecule has 0 radical (unpaired) electrons. The molecular formula is C17H34N2. The Hall–Kier alpha value is -0.0800. The normalized spacial score (nSPS) is 26.1. The lowest BCUT2D eigenvalue weighted by molar-refractivity contribution is 0.0647. The maximum Gasteiger partial charge on any atom is 0.0331 e. The first-order valence-electron chi connectivity index (χ1n) is 8.69. The first-order valence-corrected chi connectivity index (χ1v) is 8.69. The molecule has 112 valence electrons. The first-order chi connectivity index (χ1) is 9.20. The van der Waals surface area contributed by atoms with E-state index in [9.17, 15) is 0 Å². The molecule has 1 aliphatic carbocycles. The lowest BCUT2D eigenvalue weighted by atomic mass is 9.75. The minimum atomic E-state index is 0.376. The van der Waals surface area contributed by atoms with Crippen LogP contribution in [0.1, 0.15) is 72.1 Å². The third-order valence-corrected chi connectivity index (χ3v) is 5.73. The lowest BCUT2D eigenvalue weighted by Crippen LogP contribution is -2.59. The van der Waals surface area contributed by atoms with Crippen molar-refractivity contribution in [1.82, 2.24) is 10.2 Å². The third kappa shape index (κ3) is 3.52. The van der Waals surface area contributed by atoms with E-state index < -0.39 is 0 Å². The monoisotopic (exact) mass is 266 g/mol. The summed E-state index contributed by atoms with van der Waals surface area (Å²) in [5, 5.41) is 3.90. The Kier molecular flexibility index (Phi) is 5.70. The van der Waals surface area contributed by atoms with Crippen LogP contribution in [0.2, 0.25) is 0 Å². The Morgan fingerprint density at radius 2 is 1.84 bits per heavy atom. The van der Waals surface area contributed by atoms with Crippen molar-refractivity contribution in [3.63, 3.8) is 0 Å². The quantitative estimate of drug-likeness (QED) is 0.718. The van der Waals surface area contributed by atoms with Gasteiger partial charge >= 0.3 is 0 Å². The summed E-state index contributed by atoms with van der Waals surface area (Å²) in [7, 11) is 0. The molecule has 2 aliphatic rings. The number of likely N-dealkylation sites (tertiary alicyclic amines) is 1. The van der Waals surface area contributed by atoms with Crippen molar-refractivity contribution >= 4 is 0 Å². The second-order valence-corrected chi connectivity index (χ2v) is 6.94. The zero-order valence-corrected chi connectivity index (χ0v) is 13.4. The van der Waals surface area contributed by atoms with Gasteiger partial charge in [0.1, 0.15) is 0 Å². The van der Waals surface area contributed by atoms with Crippen molar-refractivity contribution in [3.8, 4) is 0 Å². The third-order valence-electron chi connectivity index (χ3n) is 5.73. The molecule has 0 aromatic carbocycles. The summed E-state index contributed by atoms with van der Waals surface area (Å²) in [6.07, 6.45) is 11.2. The van der Waals surface area contributed by atoms with Gasteiger partial charge in [-0.2, -0.15) is 0 Å². The molecule has 0 amide bonds. The van der Waals surface area contributed by atoms with E-state index in [2.05, 4.69) is 31.0 Å². The highest BCUT2D eigenvalue weighted by atomic mass is 15.2. The van der Waals surface area contributed by atoms with E-state index in [-0.39, 0.29) is 0 Å². The minimum Gasteiger partial charge on any atom is -0.312 e. The standard InChI is InChI=1S/C17H34N2/c1-4-11-18-16(14-15-9-8-10-15)17(3,5-2)19-12-6-7-13-19/h15-16,18H,4-14H2,1-3H3. The summed E-state index contributed by atoms with van der Waals surface area (Å²) < 4.78 is 0. The van der Waals surface area contributed by atoms with Gasteiger partial charge in [-0.3, -0.25) is 4.90 Å². The fraction of sp³-hybridized carbons (Fsp3) is 1.00. The smallest absolute Gasteiger partial charge is 0.0331 e. The Bertz CT molecular complexity index is 256. The average molecular weight is 266 g/mol. The first kappa shape index (κ1) is 15.3. The van der Waals surface area contributed by atoms with Crippen molar-refractivity contribution in [1.29, 1.82) is 0 Å². The molecule has 2 fully saturated rings. The number of nitrogens with one attached hydrogen (secondary N) is 1. The van der Waals surface area contributed by atoms with Gasteiger partial charge in [-0.15, -0.1) is 0 Å². The van der Waals surface area contributed by atoms with Crippen LogP contribution in [0, 0.1) is 5.92 Å². The summed E-state index contributed by atoms with van der Waals surface area (Å²) >= 11 is 0. The highest BCUT2D eigenvalue weighted by Gasteiger charge is 2.40. The van der Waals surface area contributed by atoms with E-state index in [0.29, 0.717) is 11.6 Å². The van der Waals surface area contributed by atoms with Gasteiger partial charge in [-0.25, -0.2) is 0 Å². The largest absolute Gasteiger partial charge is 0.312 e. The molecular weight excluding hydrogens is 232 g/mol. The van der Waals surface area contributed by atoms with Crippen LogP contribution in [0.3, 0.4) is 0 Å². The predicted molar refractivity (Wildman–Crippen MR) is 83.5 cm³/mol. The van der Waals surface area contributed by atoms with Gasteiger partial charge in [-0.05, 0) is 64.6 Å². The van der Waals surface area contributed by atoms with E-state index >= 15 is 0 Å². The lowest BCUT2D eigenvalue weighted by Gasteiger charge is -2.47. The molecule has 0 spiro atoms. The molecule has 1 heterocycles. The molecule has 1 aliphatic heterocycles. The Morgan fingerprint density at radius 1 is 1.16 bits per heavy atom. The van der Waals surface area contributed by atoms with Gasteiger partial charge in [0.2, 0.25) is 0 Å². The second kappa shape index (κ2) is 7.08. The molecule has 1 saturated carbocycles. The van der Waals surface area contributed by atoms with Crippen molar-refractivity contribution in [2.45, 2.75) is 83.7 Å². The van der Waals surface area contributed by atoms with Crippen LogP contribution in [0.25, 0.3) is 0 Å². The summed E-state index contributed by atoms with van der Waals surface area (Å²) in [6, 6.07) is 0.695. The Labute approximate surface area is 120 Å². The molecule has 2 rings (SSSR count). The van der Waals surface area contributed by atoms with Crippen LogP contribution < -0.4 is 5.32 Å². The fourth-order valence-electron chi connectivity index (χ4n) is 3.86. The topological polar surface area (TPSA) is 15.3 Å². The molecule has 0 aromatic heterocycles. The zero-order chi connectivity index (χ0) is 13.7. The summed E-state index contributed by atoms with van der Waals surface area (Å²) in [6.45, 7) is 11.0. The molecule has 19 heavy (non-hydrogen) atoms. The highest BCUT2D eigenvalue weighted by molar-refractivity contribution is 4.99. The van der Waals surface area contributed by atoms with Gasteiger partial charge in [0.05, 0.1) is 0 Å². The minimum absolute atomic E-state index is 0.376. The number of hydrogen-bond acceptors (Lipinski definition) is 2. The summed E-state index contributed by atoms with van der Waals surface area (Å²) in [4.78, 5) is 2.78. The number of rotatable bonds is 8. The fourth-order valence-corrected chi connectivity index (χ4v) is 3.86. The number of nitrogens with zero attached hydrogens (tertiary/aromatic N) is 1. The van der Waals surface area contributed by atoms with Crippen molar-refractivity contribution in [2.75, 3.05) is 19.6 Å². The second-order valence-electron chi connectivity index (χ2n) is 6.94. The molecule has 1 saturated heterocycles. The SMILES string of the molecule is CCCNC(CC1CCC1)C(C)(CC)N1CCCC1. The molecule has 0 aromatic rings. The van der Waals surface area contributed by atoms with Gasteiger partial charge in [0.25, 0.3) is 0 Å². The van der Waals surface area contributed by atoms with Gasteiger partial charge in [0, 0.05) is 11.6 Å². The van der Waals surface area contributed by atoms with Crippen molar-refractivity contribution in [2.24, 2.45) is 5.92 Å². The molecule has 0 bridgehead atoms. The van der Waals surface area contributed by atoms with Gasteiger partial charge < -0.3 is 5.32 Å². The predicted octanol–water partition coefficient (Wildman–Crippen LogP) is 3.81. The van der Waals surface area contributed by atoms with E-state index in [1.165, 1.54) is 71.0 Å².